The molecular formula is C19H21N5OS. The zero-order chi connectivity index (χ0) is 18.7. The smallest absolute Gasteiger partial charge is 0.234 e. The molecule has 0 aliphatic carbocycles. The summed E-state index contributed by atoms with van der Waals surface area (Å²) >= 11 is 1.35. The molecule has 0 saturated heterocycles. The molecule has 1 heterocycles. The highest BCUT2D eigenvalue weighted by Crippen LogP contribution is 2.24. The van der Waals surface area contributed by atoms with Gasteiger partial charge in [-0.1, -0.05) is 41.6 Å². The fraction of sp³-hybridized carbons (Fsp3) is 0.211. The van der Waals surface area contributed by atoms with E-state index in [-0.39, 0.29) is 11.7 Å². The summed E-state index contributed by atoms with van der Waals surface area (Å²) in [5.41, 5.74) is 10.4. The lowest BCUT2D eigenvalue weighted by Crippen LogP contribution is -2.15. The minimum atomic E-state index is -0.0736. The van der Waals surface area contributed by atoms with Crippen molar-refractivity contribution >= 4 is 29.0 Å². The van der Waals surface area contributed by atoms with E-state index in [0.29, 0.717) is 10.8 Å². The Bertz CT molecular complexity index is 951. The van der Waals surface area contributed by atoms with Gasteiger partial charge < -0.3 is 15.6 Å². The topological polar surface area (TPSA) is 85.8 Å². The Morgan fingerprint density at radius 1 is 1.19 bits per heavy atom. The molecule has 0 aliphatic rings. The molecule has 0 bridgehead atoms. The van der Waals surface area contributed by atoms with Crippen molar-refractivity contribution in [2.24, 2.45) is 7.05 Å². The number of aromatic nitrogens is 3. The fourth-order valence-electron chi connectivity index (χ4n) is 2.64. The maximum atomic E-state index is 12.2. The van der Waals surface area contributed by atoms with Crippen LogP contribution in [0.15, 0.2) is 47.6 Å². The van der Waals surface area contributed by atoms with Crippen LogP contribution in [0.5, 0.6) is 0 Å². The second-order valence-corrected chi connectivity index (χ2v) is 7.09. The first-order valence-electron chi connectivity index (χ1n) is 8.19. The molecule has 0 aliphatic heterocycles. The first kappa shape index (κ1) is 18.0. The number of rotatable bonds is 5. The lowest BCUT2D eigenvalue weighted by atomic mass is 10.1. The van der Waals surface area contributed by atoms with Gasteiger partial charge in [0, 0.05) is 24.0 Å². The molecule has 3 N–H and O–H groups in total. The van der Waals surface area contributed by atoms with Gasteiger partial charge in [-0.3, -0.25) is 4.79 Å². The minimum absolute atomic E-state index is 0.0736. The molecule has 7 heteroatoms. The Hall–Kier alpha value is -2.80. The van der Waals surface area contributed by atoms with Crippen molar-refractivity contribution in [2.45, 2.75) is 19.0 Å². The molecule has 0 fully saturated rings. The largest absolute Gasteiger partial charge is 0.399 e. The highest BCUT2D eigenvalue weighted by molar-refractivity contribution is 7.99. The van der Waals surface area contributed by atoms with E-state index in [1.165, 1.54) is 17.3 Å². The first-order valence-corrected chi connectivity index (χ1v) is 9.18. The van der Waals surface area contributed by atoms with Gasteiger partial charge in [-0.25, -0.2) is 0 Å². The quantitative estimate of drug-likeness (QED) is 0.533. The third kappa shape index (κ3) is 4.05. The molecule has 0 radical (unpaired) electrons. The van der Waals surface area contributed by atoms with Gasteiger partial charge in [-0.15, -0.1) is 10.2 Å². The molecule has 134 valence electrons. The number of thioether (sulfide) groups is 1. The maximum absolute atomic E-state index is 12.2. The van der Waals surface area contributed by atoms with Crippen molar-refractivity contribution in [1.29, 1.82) is 0 Å². The summed E-state index contributed by atoms with van der Waals surface area (Å²) in [6, 6.07) is 13.4. The SMILES string of the molecule is Cc1ccc(NC(=O)CSc2nnc(-c3cccc(N)c3)n2C)c(C)c1. The molecule has 2 aromatic carbocycles. The van der Waals surface area contributed by atoms with E-state index < -0.39 is 0 Å². The summed E-state index contributed by atoms with van der Waals surface area (Å²) in [6.07, 6.45) is 0. The molecule has 26 heavy (non-hydrogen) atoms. The van der Waals surface area contributed by atoms with E-state index in [4.69, 9.17) is 5.73 Å². The number of aryl methyl sites for hydroxylation is 2. The van der Waals surface area contributed by atoms with E-state index >= 15 is 0 Å². The van der Waals surface area contributed by atoms with Gasteiger partial charge in [-0.05, 0) is 37.6 Å². The van der Waals surface area contributed by atoms with Gasteiger partial charge in [0.15, 0.2) is 11.0 Å². The van der Waals surface area contributed by atoms with Crippen LogP contribution in [-0.2, 0) is 11.8 Å². The summed E-state index contributed by atoms with van der Waals surface area (Å²) in [7, 11) is 1.88. The Morgan fingerprint density at radius 3 is 2.73 bits per heavy atom. The van der Waals surface area contributed by atoms with Crippen LogP contribution >= 0.6 is 11.8 Å². The number of hydrogen-bond acceptors (Lipinski definition) is 5. The van der Waals surface area contributed by atoms with E-state index in [1.54, 1.807) is 0 Å². The van der Waals surface area contributed by atoms with E-state index in [9.17, 15) is 4.79 Å². The van der Waals surface area contributed by atoms with Crippen LogP contribution in [0.2, 0.25) is 0 Å². The molecule has 0 atom stereocenters. The second kappa shape index (κ2) is 7.61. The van der Waals surface area contributed by atoms with E-state index in [0.717, 1.165) is 22.6 Å². The first-order chi connectivity index (χ1) is 12.4. The molecule has 3 rings (SSSR count). The van der Waals surface area contributed by atoms with Crippen molar-refractivity contribution in [2.75, 3.05) is 16.8 Å². The van der Waals surface area contributed by atoms with Crippen LogP contribution in [0.1, 0.15) is 11.1 Å². The maximum Gasteiger partial charge on any atom is 0.234 e. The Morgan fingerprint density at radius 2 is 2.00 bits per heavy atom. The summed E-state index contributed by atoms with van der Waals surface area (Å²) < 4.78 is 1.86. The van der Waals surface area contributed by atoms with Crippen molar-refractivity contribution in [1.82, 2.24) is 14.8 Å². The molecule has 0 spiro atoms. The lowest BCUT2D eigenvalue weighted by Gasteiger charge is -2.09. The van der Waals surface area contributed by atoms with E-state index in [2.05, 4.69) is 15.5 Å². The number of anilines is 2. The third-order valence-corrected chi connectivity index (χ3v) is 4.99. The Kier molecular flexibility index (Phi) is 5.27. The van der Waals surface area contributed by atoms with Crippen LogP contribution in [0, 0.1) is 13.8 Å². The van der Waals surface area contributed by atoms with Crippen molar-refractivity contribution in [3.05, 3.63) is 53.6 Å². The highest BCUT2D eigenvalue weighted by Gasteiger charge is 2.13. The number of nitrogens with zero attached hydrogens (tertiary/aromatic N) is 3. The molecule has 1 amide bonds. The van der Waals surface area contributed by atoms with Gasteiger partial charge in [0.2, 0.25) is 5.91 Å². The third-order valence-electron chi connectivity index (χ3n) is 3.97. The lowest BCUT2D eigenvalue weighted by molar-refractivity contribution is -0.113. The van der Waals surface area contributed by atoms with Gasteiger partial charge >= 0.3 is 0 Å². The zero-order valence-corrected chi connectivity index (χ0v) is 15.8. The molecule has 0 saturated carbocycles. The van der Waals surface area contributed by atoms with E-state index in [1.807, 2.05) is 67.9 Å². The Balaban J connectivity index is 1.66. The van der Waals surface area contributed by atoms with Gasteiger partial charge in [0.25, 0.3) is 0 Å². The van der Waals surface area contributed by atoms with Crippen LogP contribution in [-0.4, -0.2) is 26.4 Å². The van der Waals surface area contributed by atoms with Crippen molar-refractivity contribution < 1.29 is 4.79 Å². The number of nitrogens with one attached hydrogen (secondary N) is 1. The van der Waals surface area contributed by atoms with Crippen molar-refractivity contribution in [3.8, 4) is 11.4 Å². The summed E-state index contributed by atoms with van der Waals surface area (Å²) in [5.74, 6) is 0.904. The summed E-state index contributed by atoms with van der Waals surface area (Å²) in [4.78, 5) is 12.2. The number of amides is 1. The second-order valence-electron chi connectivity index (χ2n) is 6.15. The number of carbonyl (C=O) groups excluding carboxylic acids is 1. The summed E-state index contributed by atoms with van der Waals surface area (Å²) in [6.45, 7) is 4.01. The number of benzene rings is 2. The summed E-state index contributed by atoms with van der Waals surface area (Å²) in [5, 5.41) is 12.0. The molecule has 3 aromatic rings. The standard InChI is InChI=1S/C19H21N5OS/c1-12-7-8-16(13(2)9-12)21-17(25)11-26-19-23-22-18(24(19)3)14-5-4-6-15(20)10-14/h4-10H,11,20H2,1-3H3,(H,21,25). The van der Waals surface area contributed by atoms with Crippen LogP contribution in [0.25, 0.3) is 11.4 Å². The number of hydrogen-bond donors (Lipinski definition) is 2. The number of nitrogens with two attached hydrogens (primary N) is 1. The fourth-order valence-corrected chi connectivity index (χ4v) is 3.35. The monoisotopic (exact) mass is 367 g/mol. The van der Waals surface area contributed by atoms with Gasteiger partial charge in [0.05, 0.1) is 5.75 Å². The normalized spacial score (nSPS) is 10.7. The highest BCUT2D eigenvalue weighted by atomic mass is 32.2. The average Bonchev–Trinajstić information content (AvgIpc) is 2.96. The minimum Gasteiger partial charge on any atom is -0.399 e. The van der Waals surface area contributed by atoms with Gasteiger partial charge in [-0.2, -0.15) is 0 Å². The Labute approximate surface area is 156 Å². The van der Waals surface area contributed by atoms with Crippen molar-refractivity contribution in [3.63, 3.8) is 0 Å². The molecule has 0 unspecified atom stereocenters. The number of nitrogen functional groups attached to an aromatic ring is 1. The zero-order valence-electron chi connectivity index (χ0n) is 15.0. The number of carbonyl (C=O) groups is 1. The predicted octanol–water partition coefficient (Wildman–Crippen LogP) is 3.41. The average molecular weight is 367 g/mol. The van der Waals surface area contributed by atoms with Gasteiger partial charge in [0.1, 0.15) is 0 Å². The molecule has 1 aromatic heterocycles. The van der Waals surface area contributed by atoms with Crippen LogP contribution in [0.4, 0.5) is 11.4 Å². The van der Waals surface area contributed by atoms with Crippen LogP contribution in [0.3, 0.4) is 0 Å². The van der Waals surface area contributed by atoms with Crippen LogP contribution < -0.4 is 11.1 Å². The molecular weight excluding hydrogens is 346 g/mol. The molecule has 6 nitrogen and oxygen atoms in total. The predicted molar refractivity (Wildman–Crippen MR) is 106 cm³/mol.